The molecule has 0 spiro atoms. The number of rotatable bonds is 7. The quantitative estimate of drug-likeness (QED) is 0.394. The van der Waals surface area contributed by atoms with Gasteiger partial charge in [-0.1, -0.05) is 13.8 Å². The maximum atomic E-state index is 11.8. The Morgan fingerprint density at radius 2 is 1.89 bits per heavy atom. The van der Waals surface area contributed by atoms with E-state index < -0.39 is 37.3 Å². The molecular weight excluding hydrogens is 356 g/mol. The molecule has 1 aliphatic carbocycles. The van der Waals surface area contributed by atoms with E-state index in [-0.39, 0.29) is 29.8 Å². The summed E-state index contributed by atoms with van der Waals surface area (Å²) in [5, 5.41) is 48.5. The number of ether oxygens (including phenoxy) is 2. The highest BCUT2D eigenvalue weighted by atomic mass is 16.7. The van der Waals surface area contributed by atoms with Crippen LogP contribution >= 0.6 is 0 Å². The molecule has 0 unspecified atom stereocenters. The molecule has 8 heteroatoms. The summed E-state index contributed by atoms with van der Waals surface area (Å²) >= 11 is 0. The molecule has 2 rings (SSSR count). The van der Waals surface area contributed by atoms with Crippen LogP contribution in [0, 0.1) is 11.3 Å². The minimum absolute atomic E-state index is 0.0194. The predicted octanol–water partition coefficient (Wildman–Crippen LogP) is -0.494. The van der Waals surface area contributed by atoms with E-state index in [1.165, 1.54) is 6.08 Å². The lowest BCUT2D eigenvalue weighted by molar-refractivity contribution is -0.310. The van der Waals surface area contributed by atoms with Crippen LogP contribution in [-0.2, 0) is 14.3 Å². The monoisotopic (exact) mass is 388 g/mol. The maximum Gasteiger partial charge on any atom is 0.186 e. The van der Waals surface area contributed by atoms with E-state index in [2.05, 4.69) is 0 Å². The van der Waals surface area contributed by atoms with Gasteiger partial charge in [0.15, 0.2) is 12.1 Å². The highest BCUT2D eigenvalue weighted by Gasteiger charge is 2.44. The van der Waals surface area contributed by atoms with E-state index >= 15 is 0 Å². The molecule has 1 fully saturated rings. The van der Waals surface area contributed by atoms with Gasteiger partial charge in [0.05, 0.1) is 19.3 Å². The molecule has 0 aromatic heterocycles. The van der Waals surface area contributed by atoms with Gasteiger partial charge in [-0.3, -0.25) is 4.79 Å². The summed E-state index contributed by atoms with van der Waals surface area (Å²) in [6, 6.07) is 0. The van der Waals surface area contributed by atoms with Crippen LogP contribution in [0.2, 0.25) is 0 Å². The molecule has 0 amide bonds. The summed E-state index contributed by atoms with van der Waals surface area (Å²) in [6.45, 7) is 5.13. The maximum absolute atomic E-state index is 11.8. The molecule has 0 aromatic rings. The first-order valence-corrected chi connectivity index (χ1v) is 9.40. The van der Waals surface area contributed by atoms with Gasteiger partial charge in [-0.2, -0.15) is 0 Å². The molecule has 1 heterocycles. The molecule has 0 radical (unpaired) electrons. The van der Waals surface area contributed by atoms with Crippen LogP contribution in [0.3, 0.4) is 0 Å². The molecule has 0 aromatic carbocycles. The number of aliphatic hydroxyl groups is 5. The zero-order chi connectivity index (χ0) is 20.4. The van der Waals surface area contributed by atoms with Crippen molar-refractivity contribution in [1.82, 2.24) is 0 Å². The van der Waals surface area contributed by atoms with Gasteiger partial charge in [-0.15, -0.1) is 0 Å². The smallest absolute Gasteiger partial charge is 0.186 e. The predicted molar refractivity (Wildman–Crippen MR) is 95.6 cm³/mol. The zero-order valence-electron chi connectivity index (χ0n) is 16.1. The first-order chi connectivity index (χ1) is 12.6. The first-order valence-electron chi connectivity index (χ1n) is 9.40. The highest BCUT2D eigenvalue weighted by Crippen LogP contribution is 2.42. The summed E-state index contributed by atoms with van der Waals surface area (Å²) in [5.41, 5.74) is 0.448. The minimum Gasteiger partial charge on any atom is -0.394 e. The van der Waals surface area contributed by atoms with Crippen molar-refractivity contribution < 1.29 is 39.8 Å². The van der Waals surface area contributed by atoms with E-state index in [4.69, 9.17) is 9.47 Å². The van der Waals surface area contributed by atoms with Crippen molar-refractivity contribution in [2.75, 3.05) is 13.2 Å². The van der Waals surface area contributed by atoms with Crippen molar-refractivity contribution >= 4 is 5.78 Å². The van der Waals surface area contributed by atoms with Crippen LogP contribution in [0.4, 0.5) is 0 Å². The number of hydrogen-bond donors (Lipinski definition) is 5. The average Bonchev–Trinajstić information content (AvgIpc) is 2.59. The van der Waals surface area contributed by atoms with Crippen molar-refractivity contribution in [3.8, 4) is 0 Å². The molecule has 156 valence electrons. The van der Waals surface area contributed by atoms with Gasteiger partial charge in [0.1, 0.15) is 24.4 Å². The Balaban J connectivity index is 1.96. The lowest BCUT2D eigenvalue weighted by Gasteiger charge is -2.41. The van der Waals surface area contributed by atoms with Gasteiger partial charge in [0.2, 0.25) is 0 Å². The third-order valence-corrected chi connectivity index (χ3v) is 5.63. The molecule has 0 bridgehead atoms. The van der Waals surface area contributed by atoms with Crippen molar-refractivity contribution in [1.29, 1.82) is 0 Å². The van der Waals surface area contributed by atoms with Crippen LogP contribution < -0.4 is 0 Å². The van der Waals surface area contributed by atoms with E-state index in [9.17, 15) is 30.3 Å². The lowest BCUT2D eigenvalue weighted by atomic mass is 9.66. The second-order valence-corrected chi connectivity index (χ2v) is 8.28. The number of allylic oxidation sites excluding steroid dienone is 1. The fourth-order valence-corrected chi connectivity index (χ4v) is 4.04. The number of carbonyl (C=O) groups is 1. The second-order valence-electron chi connectivity index (χ2n) is 8.28. The third-order valence-electron chi connectivity index (χ3n) is 5.63. The van der Waals surface area contributed by atoms with Gasteiger partial charge in [-0.25, -0.2) is 0 Å². The summed E-state index contributed by atoms with van der Waals surface area (Å²) in [6.07, 6.45) is -3.64. The molecule has 0 saturated carbocycles. The first kappa shape index (κ1) is 22.4. The van der Waals surface area contributed by atoms with E-state index in [1.807, 2.05) is 13.8 Å². The highest BCUT2D eigenvalue weighted by molar-refractivity contribution is 5.92. The number of hydrogen-bond acceptors (Lipinski definition) is 8. The third kappa shape index (κ3) is 5.14. The SMILES string of the molecule is C[C@H](CC[C@H]1C(CO)=CC(=O)CC1(C)C)O[C@H]1O[C@@H](CO)[C@H](O)[C@@H](O)[C@@H]1O. The zero-order valence-corrected chi connectivity index (χ0v) is 16.1. The Labute approximate surface area is 159 Å². The second kappa shape index (κ2) is 9.09. The molecule has 27 heavy (non-hydrogen) atoms. The fraction of sp³-hybridized carbons (Fsp3) is 0.842. The Morgan fingerprint density at radius 3 is 2.48 bits per heavy atom. The van der Waals surface area contributed by atoms with E-state index in [0.717, 1.165) is 5.57 Å². The van der Waals surface area contributed by atoms with Crippen LogP contribution in [0.5, 0.6) is 0 Å². The Hall–Kier alpha value is -0.870. The van der Waals surface area contributed by atoms with E-state index in [0.29, 0.717) is 19.3 Å². The van der Waals surface area contributed by atoms with Gasteiger partial charge in [-0.05, 0) is 42.7 Å². The summed E-state index contributed by atoms with van der Waals surface area (Å²) in [7, 11) is 0. The normalized spacial score (nSPS) is 37.8. The minimum atomic E-state index is -1.47. The number of carbonyl (C=O) groups excluding carboxylic acids is 1. The molecule has 5 N–H and O–H groups in total. The Morgan fingerprint density at radius 1 is 1.22 bits per heavy atom. The summed E-state index contributed by atoms with van der Waals surface area (Å²) < 4.78 is 11.1. The van der Waals surface area contributed by atoms with Gasteiger partial charge in [0.25, 0.3) is 0 Å². The van der Waals surface area contributed by atoms with Crippen molar-refractivity contribution in [3.05, 3.63) is 11.6 Å². The summed E-state index contributed by atoms with van der Waals surface area (Å²) in [4.78, 5) is 11.8. The van der Waals surface area contributed by atoms with Crippen LogP contribution in [-0.4, -0.2) is 81.3 Å². The van der Waals surface area contributed by atoms with Gasteiger partial charge < -0.3 is 35.0 Å². The van der Waals surface area contributed by atoms with Gasteiger partial charge in [0, 0.05) is 6.42 Å². The van der Waals surface area contributed by atoms with Gasteiger partial charge >= 0.3 is 0 Å². The van der Waals surface area contributed by atoms with Crippen molar-refractivity contribution in [2.24, 2.45) is 11.3 Å². The number of aliphatic hydroxyl groups excluding tert-OH is 5. The molecule has 1 saturated heterocycles. The van der Waals surface area contributed by atoms with Crippen LogP contribution in [0.15, 0.2) is 11.6 Å². The molecular formula is C19H32O8. The van der Waals surface area contributed by atoms with Crippen LogP contribution in [0.25, 0.3) is 0 Å². The molecule has 8 nitrogen and oxygen atoms in total. The fourth-order valence-electron chi connectivity index (χ4n) is 4.04. The summed E-state index contributed by atoms with van der Waals surface area (Å²) in [5.74, 6) is 0.0481. The molecule has 7 atom stereocenters. The number of ketones is 1. The molecule has 1 aliphatic heterocycles. The largest absolute Gasteiger partial charge is 0.394 e. The topological polar surface area (TPSA) is 137 Å². The lowest BCUT2D eigenvalue weighted by Crippen LogP contribution is -2.59. The Kier molecular flexibility index (Phi) is 7.54. The van der Waals surface area contributed by atoms with Crippen molar-refractivity contribution in [2.45, 2.75) is 76.8 Å². The Bertz CT molecular complexity index is 544. The average molecular weight is 388 g/mol. The van der Waals surface area contributed by atoms with E-state index in [1.54, 1.807) is 6.92 Å². The standard InChI is InChI=1S/C19H32O8/c1-10(26-18-17(25)16(24)15(23)14(9-21)27-18)4-5-13-11(8-20)6-12(22)7-19(13,2)3/h6,10,13-18,20-21,23-25H,4-5,7-9H2,1-3H3/t10-,13+,14+,15+,16-,17+,18+/m1/s1. The molecule has 2 aliphatic rings. The van der Waals surface area contributed by atoms with Crippen LogP contribution in [0.1, 0.15) is 40.0 Å². The van der Waals surface area contributed by atoms with Crippen molar-refractivity contribution in [3.63, 3.8) is 0 Å².